The van der Waals surface area contributed by atoms with E-state index in [1.165, 1.54) is 18.9 Å². The molecule has 0 amide bonds. The molecule has 2 heterocycles. The molecule has 0 saturated carbocycles. The Balaban J connectivity index is 2.24. The Bertz CT molecular complexity index is 964. The monoisotopic (exact) mass is 386 g/mol. The van der Waals surface area contributed by atoms with Crippen molar-refractivity contribution < 1.29 is 9.53 Å². The van der Waals surface area contributed by atoms with Gasteiger partial charge in [-0.2, -0.15) is 0 Å². The summed E-state index contributed by atoms with van der Waals surface area (Å²) in [5.41, 5.74) is 3.03. The molecular formula is C19H22N4O3S. The number of aromatic amines is 1. The van der Waals surface area contributed by atoms with Crippen LogP contribution in [0, 0.1) is 0 Å². The molecule has 2 N–H and O–H groups in total. The maximum Gasteiger partial charge on any atom is 0.336 e. The number of carbonyl (C=O) groups excluding carboxylic acids is 1. The highest BCUT2D eigenvalue weighted by Crippen LogP contribution is 2.40. The molecule has 1 aliphatic heterocycles. The second-order valence-electron chi connectivity index (χ2n) is 6.41. The number of fused-ring (bicyclic) bond motifs is 1. The van der Waals surface area contributed by atoms with Crippen LogP contribution in [-0.2, 0) is 9.53 Å². The molecule has 3 rings (SSSR count). The van der Waals surface area contributed by atoms with Crippen molar-refractivity contribution in [2.75, 3.05) is 37.7 Å². The first-order valence-electron chi connectivity index (χ1n) is 8.39. The first kappa shape index (κ1) is 19.0. The summed E-state index contributed by atoms with van der Waals surface area (Å²) < 4.78 is 4.99. The molecule has 0 fully saturated rings. The minimum Gasteiger partial charge on any atom is -0.466 e. The van der Waals surface area contributed by atoms with Gasteiger partial charge in [0.2, 0.25) is 0 Å². The lowest BCUT2D eigenvalue weighted by molar-refractivity contribution is -0.136. The van der Waals surface area contributed by atoms with Crippen molar-refractivity contribution in [3.05, 3.63) is 57.0 Å². The number of ether oxygens (including phenoxy) is 1. The number of aromatic nitrogens is 2. The maximum absolute atomic E-state index is 12.8. The third-order valence-electron chi connectivity index (χ3n) is 4.56. The number of H-pyrrole nitrogens is 1. The van der Waals surface area contributed by atoms with Crippen molar-refractivity contribution in [2.45, 2.75) is 18.0 Å². The van der Waals surface area contributed by atoms with E-state index >= 15 is 0 Å². The third-order valence-corrected chi connectivity index (χ3v) is 5.14. The lowest BCUT2D eigenvalue weighted by atomic mass is 9.82. The molecule has 1 aliphatic rings. The number of esters is 1. The molecule has 8 heteroatoms. The van der Waals surface area contributed by atoms with Gasteiger partial charge < -0.3 is 19.9 Å². The normalized spacial score (nSPS) is 15.8. The van der Waals surface area contributed by atoms with Crippen LogP contribution < -0.4 is 15.8 Å². The van der Waals surface area contributed by atoms with Gasteiger partial charge in [-0.1, -0.05) is 23.9 Å². The number of benzene rings is 1. The van der Waals surface area contributed by atoms with Gasteiger partial charge in [0.15, 0.2) is 5.16 Å². The Hall–Kier alpha value is -2.74. The van der Waals surface area contributed by atoms with Crippen molar-refractivity contribution in [3.8, 4) is 0 Å². The Morgan fingerprint density at radius 3 is 2.48 bits per heavy atom. The van der Waals surface area contributed by atoms with E-state index in [0.717, 1.165) is 11.3 Å². The zero-order chi connectivity index (χ0) is 19.7. The topological polar surface area (TPSA) is 87.3 Å². The molecule has 0 bridgehead atoms. The van der Waals surface area contributed by atoms with E-state index in [9.17, 15) is 9.59 Å². The summed E-state index contributed by atoms with van der Waals surface area (Å²) in [6.07, 6.45) is 1.84. The lowest BCUT2D eigenvalue weighted by Crippen LogP contribution is -2.31. The van der Waals surface area contributed by atoms with Gasteiger partial charge >= 0.3 is 5.97 Å². The van der Waals surface area contributed by atoms with E-state index in [1.807, 2.05) is 49.5 Å². The molecular weight excluding hydrogens is 364 g/mol. The summed E-state index contributed by atoms with van der Waals surface area (Å²) >= 11 is 1.35. The minimum absolute atomic E-state index is 0.271. The van der Waals surface area contributed by atoms with Gasteiger partial charge in [-0.25, -0.2) is 9.78 Å². The molecule has 0 spiro atoms. The van der Waals surface area contributed by atoms with Gasteiger partial charge in [0.1, 0.15) is 5.82 Å². The number of hydrogen-bond donors (Lipinski definition) is 2. The Kier molecular flexibility index (Phi) is 5.27. The first-order chi connectivity index (χ1) is 12.9. The van der Waals surface area contributed by atoms with Crippen molar-refractivity contribution in [3.63, 3.8) is 0 Å². The fourth-order valence-electron chi connectivity index (χ4n) is 3.21. The number of hydrogen-bond acceptors (Lipinski definition) is 7. The summed E-state index contributed by atoms with van der Waals surface area (Å²) in [6.45, 7) is 1.79. The highest BCUT2D eigenvalue weighted by atomic mass is 32.2. The summed E-state index contributed by atoms with van der Waals surface area (Å²) in [5.74, 6) is -0.562. The fourth-order valence-corrected chi connectivity index (χ4v) is 3.58. The predicted octanol–water partition coefficient (Wildman–Crippen LogP) is 2.56. The highest BCUT2D eigenvalue weighted by molar-refractivity contribution is 7.98. The van der Waals surface area contributed by atoms with Gasteiger partial charge in [-0.05, 0) is 30.9 Å². The molecule has 1 unspecified atom stereocenters. The lowest BCUT2D eigenvalue weighted by Gasteiger charge is -2.28. The summed E-state index contributed by atoms with van der Waals surface area (Å²) in [7, 11) is 5.25. The molecule has 7 nitrogen and oxygen atoms in total. The summed E-state index contributed by atoms with van der Waals surface area (Å²) in [4.78, 5) is 34.6. The molecule has 1 aromatic heterocycles. The Morgan fingerprint density at radius 2 is 1.93 bits per heavy atom. The van der Waals surface area contributed by atoms with Crippen LogP contribution in [-0.4, -0.2) is 43.4 Å². The van der Waals surface area contributed by atoms with Crippen LogP contribution in [0.25, 0.3) is 0 Å². The number of carbonyl (C=O) groups is 1. The Morgan fingerprint density at radius 1 is 1.26 bits per heavy atom. The zero-order valence-electron chi connectivity index (χ0n) is 15.9. The van der Waals surface area contributed by atoms with Crippen LogP contribution in [0.3, 0.4) is 0 Å². The van der Waals surface area contributed by atoms with E-state index in [2.05, 4.69) is 15.3 Å². The van der Waals surface area contributed by atoms with Gasteiger partial charge in [0, 0.05) is 25.5 Å². The average Bonchev–Trinajstić information content (AvgIpc) is 2.66. The van der Waals surface area contributed by atoms with Gasteiger partial charge in [0.25, 0.3) is 5.56 Å². The second-order valence-corrected chi connectivity index (χ2v) is 7.21. The number of anilines is 2. The smallest absolute Gasteiger partial charge is 0.336 e. The van der Waals surface area contributed by atoms with Crippen molar-refractivity contribution in [2.24, 2.45) is 0 Å². The van der Waals surface area contributed by atoms with Crippen molar-refractivity contribution in [1.82, 2.24) is 9.97 Å². The van der Waals surface area contributed by atoms with E-state index in [1.54, 1.807) is 6.92 Å². The van der Waals surface area contributed by atoms with Gasteiger partial charge in [-0.15, -0.1) is 0 Å². The number of rotatable bonds is 4. The summed E-state index contributed by atoms with van der Waals surface area (Å²) in [6, 6.07) is 7.76. The number of nitrogens with zero attached hydrogens (tertiary/aromatic N) is 2. The average molecular weight is 386 g/mol. The zero-order valence-corrected chi connectivity index (χ0v) is 16.7. The largest absolute Gasteiger partial charge is 0.466 e. The molecule has 0 saturated heterocycles. The number of methoxy groups -OCH3 is 1. The quantitative estimate of drug-likeness (QED) is 0.474. The predicted molar refractivity (Wildman–Crippen MR) is 108 cm³/mol. The minimum atomic E-state index is -0.558. The van der Waals surface area contributed by atoms with Crippen LogP contribution in [0.5, 0.6) is 0 Å². The van der Waals surface area contributed by atoms with Crippen LogP contribution in [0.1, 0.15) is 24.0 Å². The highest BCUT2D eigenvalue weighted by Gasteiger charge is 2.36. The molecule has 0 aliphatic carbocycles. The van der Waals surface area contributed by atoms with E-state index in [4.69, 9.17) is 4.74 Å². The molecule has 142 valence electrons. The van der Waals surface area contributed by atoms with Crippen molar-refractivity contribution >= 4 is 29.2 Å². The standard InChI is InChI=1S/C19H22N4O3S/c1-10-13(18(25)26-4)14(11-6-8-12(9-7-11)23(2)3)15-16(20-10)21-19(27-5)22-17(15)24/h6-9,14H,1-5H3,(H2,20,21,22,24). The van der Waals surface area contributed by atoms with Crippen LogP contribution >= 0.6 is 11.8 Å². The van der Waals surface area contributed by atoms with E-state index < -0.39 is 11.9 Å². The van der Waals surface area contributed by atoms with Crippen LogP contribution in [0.15, 0.2) is 45.5 Å². The maximum atomic E-state index is 12.8. The number of nitrogens with one attached hydrogen (secondary N) is 2. The van der Waals surface area contributed by atoms with Gasteiger partial charge in [0.05, 0.1) is 24.2 Å². The molecule has 27 heavy (non-hydrogen) atoms. The summed E-state index contributed by atoms with van der Waals surface area (Å²) in [5, 5.41) is 3.61. The second kappa shape index (κ2) is 7.48. The third kappa shape index (κ3) is 3.44. The fraction of sp³-hybridized carbons (Fsp3) is 0.316. The van der Waals surface area contributed by atoms with Crippen molar-refractivity contribution in [1.29, 1.82) is 0 Å². The van der Waals surface area contributed by atoms with Crippen LogP contribution in [0.4, 0.5) is 11.5 Å². The SMILES string of the molecule is COC(=O)C1=C(C)Nc2nc(SC)[nH]c(=O)c2C1c1ccc(N(C)C)cc1. The van der Waals surface area contributed by atoms with E-state index in [0.29, 0.717) is 27.8 Å². The molecule has 1 aromatic carbocycles. The van der Waals surface area contributed by atoms with Gasteiger partial charge in [-0.3, -0.25) is 4.79 Å². The Labute approximate surface area is 161 Å². The molecule has 2 aromatic rings. The first-order valence-corrected chi connectivity index (χ1v) is 9.61. The molecule has 1 atom stereocenters. The number of allylic oxidation sites excluding steroid dienone is 1. The number of thioether (sulfide) groups is 1. The van der Waals surface area contributed by atoms with E-state index in [-0.39, 0.29) is 5.56 Å². The van der Waals surface area contributed by atoms with Crippen LogP contribution in [0.2, 0.25) is 0 Å². The molecule has 0 radical (unpaired) electrons.